The number of anilines is 1. The van der Waals surface area contributed by atoms with Crippen LogP contribution in [0.5, 0.6) is 0 Å². The highest BCUT2D eigenvalue weighted by molar-refractivity contribution is 6.02. The number of ether oxygens (including phenoxy) is 1. The molecule has 0 radical (unpaired) electrons. The van der Waals surface area contributed by atoms with Gasteiger partial charge in [0.15, 0.2) is 0 Å². The number of amides is 2. The number of fused-ring (bicyclic) bond motifs is 3. The third-order valence-corrected chi connectivity index (χ3v) is 5.76. The fourth-order valence-corrected chi connectivity index (χ4v) is 4.06. The van der Waals surface area contributed by atoms with Crippen molar-refractivity contribution in [2.24, 2.45) is 7.05 Å². The van der Waals surface area contributed by atoms with Gasteiger partial charge >= 0.3 is 12.1 Å². The molecule has 2 amide bonds. The molecule has 0 spiro atoms. The second-order valence-electron chi connectivity index (χ2n) is 7.75. The molecule has 2 aromatic carbocycles. The van der Waals surface area contributed by atoms with E-state index >= 15 is 0 Å². The predicted octanol–water partition coefficient (Wildman–Crippen LogP) is 3.37. The van der Waals surface area contributed by atoms with Crippen LogP contribution in [-0.2, 0) is 16.6 Å². The number of carbonyl (C=O) groups is 3. The molecule has 3 aromatic rings. The maximum Gasteiger partial charge on any atom is 0.412 e. The normalized spacial score (nSPS) is 13.0. The summed E-state index contributed by atoms with van der Waals surface area (Å²) in [6, 6.07) is 15.0. The van der Waals surface area contributed by atoms with Crippen molar-refractivity contribution in [1.29, 1.82) is 0 Å². The maximum atomic E-state index is 12.6. The molecule has 1 aromatic heterocycles. The van der Waals surface area contributed by atoms with Gasteiger partial charge in [-0.05, 0) is 28.7 Å². The summed E-state index contributed by atoms with van der Waals surface area (Å²) in [4.78, 5) is 36.4. The maximum absolute atomic E-state index is 12.6. The van der Waals surface area contributed by atoms with Gasteiger partial charge in [-0.1, -0.05) is 55.5 Å². The minimum Gasteiger partial charge on any atom is -0.480 e. The summed E-state index contributed by atoms with van der Waals surface area (Å²) in [5.41, 5.74) is 4.47. The number of aryl methyl sites for hydroxylation is 1. The molecule has 9 nitrogen and oxygen atoms in total. The van der Waals surface area contributed by atoms with Gasteiger partial charge in [-0.15, -0.1) is 0 Å². The number of hydrogen-bond acceptors (Lipinski definition) is 5. The number of carbonyl (C=O) groups excluding carboxylic acids is 2. The van der Waals surface area contributed by atoms with Gasteiger partial charge in [0, 0.05) is 13.0 Å². The highest BCUT2D eigenvalue weighted by Gasteiger charge is 2.29. The van der Waals surface area contributed by atoms with Crippen LogP contribution in [0, 0.1) is 0 Å². The number of aromatic nitrogens is 2. The third kappa shape index (κ3) is 4.30. The highest BCUT2D eigenvalue weighted by Crippen LogP contribution is 2.44. The van der Waals surface area contributed by atoms with Gasteiger partial charge in [0.25, 0.3) is 5.91 Å². The van der Waals surface area contributed by atoms with Gasteiger partial charge in [0.1, 0.15) is 24.0 Å². The first-order valence-corrected chi connectivity index (χ1v) is 10.6. The second-order valence-corrected chi connectivity index (χ2v) is 7.75. The number of hydrogen-bond donors (Lipinski definition) is 3. The monoisotopic (exact) mass is 448 g/mol. The molecule has 1 atom stereocenters. The lowest BCUT2D eigenvalue weighted by atomic mass is 9.98. The van der Waals surface area contributed by atoms with E-state index in [9.17, 15) is 19.5 Å². The topological polar surface area (TPSA) is 123 Å². The Morgan fingerprint density at radius 1 is 1.09 bits per heavy atom. The van der Waals surface area contributed by atoms with Crippen molar-refractivity contribution in [2.45, 2.75) is 25.3 Å². The molecule has 4 rings (SSSR count). The number of carboxylic acids is 1. The lowest BCUT2D eigenvalue weighted by Crippen LogP contribution is -2.40. The molecule has 0 saturated carbocycles. The molecule has 0 bridgehead atoms. The van der Waals surface area contributed by atoms with Gasteiger partial charge in [0.05, 0.1) is 6.20 Å². The van der Waals surface area contributed by atoms with Crippen molar-refractivity contribution < 1.29 is 24.2 Å². The van der Waals surface area contributed by atoms with E-state index in [4.69, 9.17) is 4.74 Å². The van der Waals surface area contributed by atoms with E-state index in [0.29, 0.717) is 0 Å². The zero-order chi connectivity index (χ0) is 23.5. The number of benzene rings is 2. The first-order chi connectivity index (χ1) is 15.9. The fourth-order valence-electron chi connectivity index (χ4n) is 4.06. The molecule has 1 heterocycles. The first kappa shape index (κ1) is 22.1. The molecule has 170 valence electrons. The van der Waals surface area contributed by atoms with Crippen LogP contribution in [0.25, 0.3) is 11.1 Å². The molecule has 0 aliphatic heterocycles. The number of nitrogens with zero attached hydrogens (tertiary/aromatic N) is 2. The summed E-state index contributed by atoms with van der Waals surface area (Å²) in [6.45, 7) is 1.77. The molecule has 0 saturated heterocycles. The standard InChI is InChI=1S/C24H24N4O5/c1-3-20(23(30)31)26-22(29)18-12-25-28(2)21(18)27-24(32)33-13-19-16-10-6-4-8-14(16)15-9-5-7-11-17(15)19/h4-12,19-20H,3,13H2,1-2H3,(H,26,29)(H,27,32)(H,30,31)/t20-/m1/s1. The van der Waals surface area contributed by atoms with Crippen LogP contribution in [0.4, 0.5) is 10.6 Å². The third-order valence-electron chi connectivity index (χ3n) is 5.76. The van der Waals surface area contributed by atoms with Gasteiger partial charge in [0.2, 0.25) is 0 Å². The van der Waals surface area contributed by atoms with E-state index in [2.05, 4.69) is 27.9 Å². The molecule has 0 unspecified atom stereocenters. The van der Waals surface area contributed by atoms with Gasteiger partial charge in [-0.2, -0.15) is 5.10 Å². The van der Waals surface area contributed by atoms with E-state index in [1.807, 2.05) is 36.4 Å². The lowest BCUT2D eigenvalue weighted by Gasteiger charge is -2.15. The summed E-state index contributed by atoms with van der Waals surface area (Å²) >= 11 is 0. The Balaban J connectivity index is 1.46. The Labute approximate surface area is 190 Å². The van der Waals surface area contributed by atoms with Crippen LogP contribution in [0.2, 0.25) is 0 Å². The smallest absolute Gasteiger partial charge is 0.412 e. The van der Waals surface area contributed by atoms with Gasteiger partial charge in [-0.3, -0.25) is 14.8 Å². The summed E-state index contributed by atoms with van der Waals surface area (Å²) in [7, 11) is 1.56. The molecular weight excluding hydrogens is 424 g/mol. The number of aliphatic carboxylic acids is 1. The van der Waals surface area contributed by atoms with Crippen LogP contribution in [0.1, 0.15) is 40.7 Å². The van der Waals surface area contributed by atoms with Crippen LogP contribution in [0.15, 0.2) is 54.7 Å². The summed E-state index contributed by atoms with van der Waals surface area (Å²) in [6.07, 6.45) is 0.749. The predicted molar refractivity (Wildman–Crippen MR) is 121 cm³/mol. The largest absolute Gasteiger partial charge is 0.480 e. The van der Waals surface area contributed by atoms with E-state index in [1.54, 1.807) is 14.0 Å². The Morgan fingerprint density at radius 2 is 1.70 bits per heavy atom. The average Bonchev–Trinajstić information content (AvgIpc) is 3.33. The quantitative estimate of drug-likeness (QED) is 0.509. The minimum absolute atomic E-state index is 0.0470. The van der Waals surface area contributed by atoms with Gasteiger partial charge < -0.3 is 15.2 Å². The molecule has 1 aliphatic carbocycles. The Kier molecular flexibility index (Phi) is 6.12. The molecule has 0 fully saturated rings. The molecule has 33 heavy (non-hydrogen) atoms. The second kappa shape index (κ2) is 9.15. The summed E-state index contributed by atoms with van der Waals surface area (Å²) in [5, 5.41) is 18.2. The zero-order valence-corrected chi connectivity index (χ0v) is 18.2. The Bertz CT molecular complexity index is 1170. The minimum atomic E-state index is -1.14. The van der Waals surface area contributed by atoms with E-state index in [-0.39, 0.29) is 30.3 Å². The van der Waals surface area contributed by atoms with Crippen molar-refractivity contribution in [3.05, 3.63) is 71.4 Å². The van der Waals surface area contributed by atoms with Crippen molar-refractivity contribution in [3.63, 3.8) is 0 Å². The molecular formula is C24H24N4O5. The van der Waals surface area contributed by atoms with Gasteiger partial charge in [-0.25, -0.2) is 9.59 Å². The van der Waals surface area contributed by atoms with E-state index in [0.717, 1.165) is 22.3 Å². The SMILES string of the molecule is CC[C@@H](NC(=O)c1cnn(C)c1NC(=O)OCC1c2ccccc2-c2ccccc21)C(=O)O. The van der Waals surface area contributed by atoms with Crippen molar-refractivity contribution in [2.75, 3.05) is 11.9 Å². The van der Waals surface area contributed by atoms with Crippen LogP contribution >= 0.6 is 0 Å². The molecule has 3 N–H and O–H groups in total. The first-order valence-electron chi connectivity index (χ1n) is 10.6. The fraction of sp³-hybridized carbons (Fsp3) is 0.250. The lowest BCUT2D eigenvalue weighted by molar-refractivity contribution is -0.139. The summed E-state index contributed by atoms with van der Waals surface area (Å²) in [5.74, 6) is -1.77. The molecule has 1 aliphatic rings. The number of carboxylic acid groups (broad SMARTS) is 1. The molecule has 9 heteroatoms. The van der Waals surface area contributed by atoms with Crippen molar-refractivity contribution in [3.8, 4) is 11.1 Å². The average molecular weight is 448 g/mol. The Hall–Kier alpha value is -4.14. The van der Waals surface area contributed by atoms with E-state index in [1.165, 1.54) is 10.9 Å². The highest BCUT2D eigenvalue weighted by atomic mass is 16.5. The van der Waals surface area contributed by atoms with Crippen molar-refractivity contribution >= 4 is 23.8 Å². The van der Waals surface area contributed by atoms with Crippen LogP contribution in [0.3, 0.4) is 0 Å². The zero-order valence-electron chi connectivity index (χ0n) is 18.2. The van der Waals surface area contributed by atoms with Crippen LogP contribution < -0.4 is 10.6 Å². The van der Waals surface area contributed by atoms with Crippen LogP contribution in [-0.4, -0.2) is 45.5 Å². The Morgan fingerprint density at radius 3 is 2.27 bits per heavy atom. The van der Waals surface area contributed by atoms with Crippen molar-refractivity contribution in [1.82, 2.24) is 15.1 Å². The summed E-state index contributed by atoms with van der Waals surface area (Å²) < 4.78 is 6.84. The van der Waals surface area contributed by atoms with E-state index < -0.39 is 24.0 Å². The number of nitrogens with one attached hydrogen (secondary N) is 2. The number of rotatable bonds is 7.